The third-order valence-electron chi connectivity index (χ3n) is 5.96. The van der Waals surface area contributed by atoms with Crippen LogP contribution in [-0.2, 0) is 4.74 Å². The number of hydrogen-bond acceptors (Lipinski definition) is 3. The van der Waals surface area contributed by atoms with Gasteiger partial charge in [0, 0.05) is 55.1 Å². The van der Waals surface area contributed by atoms with Crippen LogP contribution in [0.3, 0.4) is 0 Å². The summed E-state index contributed by atoms with van der Waals surface area (Å²) in [6, 6.07) is 6.61. The van der Waals surface area contributed by atoms with Crippen molar-refractivity contribution in [3.05, 3.63) is 28.8 Å². The van der Waals surface area contributed by atoms with Gasteiger partial charge in [-0.1, -0.05) is 11.6 Å². The SMILES string of the molecule is CC(C)N1CCC2(CC1)Oc1ccc(Cl)cc1[C@H]1OCCC[C@@H]12. The highest BCUT2D eigenvalue weighted by molar-refractivity contribution is 6.30. The molecule has 126 valence electrons. The second-order valence-corrected chi connectivity index (χ2v) is 7.96. The van der Waals surface area contributed by atoms with Gasteiger partial charge in [-0.25, -0.2) is 0 Å². The van der Waals surface area contributed by atoms with Crippen molar-refractivity contribution in [1.29, 1.82) is 0 Å². The molecule has 3 nitrogen and oxygen atoms in total. The molecule has 0 N–H and O–H groups in total. The maximum Gasteiger partial charge on any atom is 0.126 e. The van der Waals surface area contributed by atoms with Crippen LogP contribution in [0.4, 0.5) is 0 Å². The zero-order chi connectivity index (χ0) is 16.0. The van der Waals surface area contributed by atoms with Crippen molar-refractivity contribution in [2.75, 3.05) is 19.7 Å². The molecule has 3 aliphatic heterocycles. The largest absolute Gasteiger partial charge is 0.486 e. The molecule has 0 radical (unpaired) electrons. The van der Waals surface area contributed by atoms with Crippen molar-refractivity contribution in [2.24, 2.45) is 5.92 Å². The van der Waals surface area contributed by atoms with Crippen LogP contribution in [0.2, 0.25) is 5.02 Å². The van der Waals surface area contributed by atoms with Gasteiger partial charge in [-0.15, -0.1) is 0 Å². The van der Waals surface area contributed by atoms with Crippen molar-refractivity contribution >= 4 is 11.6 Å². The first kappa shape index (κ1) is 15.7. The molecular formula is C19H26ClNO2. The Bertz CT molecular complexity index is 581. The fourth-order valence-electron chi connectivity index (χ4n) is 4.65. The van der Waals surface area contributed by atoms with E-state index in [4.69, 9.17) is 21.1 Å². The van der Waals surface area contributed by atoms with Crippen LogP contribution in [-0.4, -0.2) is 36.2 Å². The summed E-state index contributed by atoms with van der Waals surface area (Å²) in [7, 11) is 0. The summed E-state index contributed by atoms with van der Waals surface area (Å²) in [6.07, 6.45) is 4.67. The maximum absolute atomic E-state index is 6.65. The highest BCUT2D eigenvalue weighted by Crippen LogP contribution is 2.53. The van der Waals surface area contributed by atoms with Crippen molar-refractivity contribution in [3.63, 3.8) is 0 Å². The lowest BCUT2D eigenvalue weighted by atomic mass is 9.70. The van der Waals surface area contributed by atoms with Gasteiger partial charge < -0.3 is 14.4 Å². The van der Waals surface area contributed by atoms with E-state index in [1.165, 1.54) is 6.42 Å². The summed E-state index contributed by atoms with van der Waals surface area (Å²) in [5.41, 5.74) is 1.09. The monoisotopic (exact) mass is 335 g/mol. The summed E-state index contributed by atoms with van der Waals surface area (Å²) >= 11 is 6.22. The lowest BCUT2D eigenvalue weighted by Gasteiger charge is -2.53. The fourth-order valence-corrected chi connectivity index (χ4v) is 4.83. The van der Waals surface area contributed by atoms with Crippen LogP contribution in [0.25, 0.3) is 0 Å². The number of nitrogens with zero attached hydrogens (tertiary/aromatic N) is 1. The number of halogens is 1. The van der Waals surface area contributed by atoms with Gasteiger partial charge in [-0.2, -0.15) is 0 Å². The quantitative estimate of drug-likeness (QED) is 0.757. The molecule has 0 unspecified atom stereocenters. The summed E-state index contributed by atoms with van der Waals surface area (Å²) in [5, 5.41) is 0.769. The molecule has 4 rings (SSSR count). The number of likely N-dealkylation sites (tertiary alicyclic amines) is 1. The van der Waals surface area contributed by atoms with E-state index in [0.29, 0.717) is 12.0 Å². The number of rotatable bonds is 1. The highest BCUT2D eigenvalue weighted by Gasteiger charge is 2.52. The minimum absolute atomic E-state index is 0.0582. The lowest BCUT2D eigenvalue weighted by Crippen LogP contribution is -2.57. The van der Waals surface area contributed by atoms with Crippen molar-refractivity contribution < 1.29 is 9.47 Å². The molecule has 0 aliphatic carbocycles. The van der Waals surface area contributed by atoms with E-state index < -0.39 is 0 Å². The van der Waals surface area contributed by atoms with Crippen LogP contribution in [0.5, 0.6) is 5.75 Å². The molecule has 0 bridgehead atoms. The van der Waals surface area contributed by atoms with Crippen LogP contribution >= 0.6 is 11.6 Å². The molecule has 0 saturated carbocycles. The zero-order valence-electron chi connectivity index (χ0n) is 14.1. The predicted molar refractivity (Wildman–Crippen MR) is 92.2 cm³/mol. The molecule has 1 aromatic rings. The van der Waals surface area contributed by atoms with Crippen molar-refractivity contribution in [3.8, 4) is 5.75 Å². The highest BCUT2D eigenvalue weighted by atomic mass is 35.5. The normalized spacial score (nSPS) is 29.9. The van der Waals surface area contributed by atoms with Gasteiger partial charge >= 0.3 is 0 Å². The molecule has 3 aliphatic rings. The predicted octanol–water partition coefficient (Wildman–Crippen LogP) is 4.44. The zero-order valence-corrected chi connectivity index (χ0v) is 14.8. The fraction of sp³-hybridized carbons (Fsp3) is 0.684. The van der Waals surface area contributed by atoms with Crippen LogP contribution in [0, 0.1) is 5.92 Å². The molecule has 3 heterocycles. The van der Waals surface area contributed by atoms with E-state index in [1.54, 1.807) is 0 Å². The molecule has 1 spiro atoms. The van der Waals surface area contributed by atoms with E-state index in [0.717, 1.165) is 55.3 Å². The third-order valence-corrected chi connectivity index (χ3v) is 6.20. The van der Waals surface area contributed by atoms with Gasteiger partial charge in [-0.05, 0) is 44.9 Å². The van der Waals surface area contributed by atoms with Crippen molar-refractivity contribution in [1.82, 2.24) is 4.90 Å². The number of hydrogen-bond donors (Lipinski definition) is 0. The van der Waals surface area contributed by atoms with E-state index >= 15 is 0 Å². The first-order chi connectivity index (χ1) is 11.1. The van der Waals surface area contributed by atoms with Crippen molar-refractivity contribution in [2.45, 2.75) is 57.3 Å². The number of benzene rings is 1. The van der Waals surface area contributed by atoms with E-state index in [9.17, 15) is 0 Å². The second kappa shape index (κ2) is 5.94. The Morgan fingerprint density at radius 2 is 2.04 bits per heavy atom. The third kappa shape index (κ3) is 2.67. The average molecular weight is 336 g/mol. The summed E-state index contributed by atoms with van der Waals surface area (Å²) < 4.78 is 12.9. The average Bonchev–Trinajstić information content (AvgIpc) is 2.56. The molecule has 0 aromatic heterocycles. The van der Waals surface area contributed by atoms with Crippen LogP contribution in [0.15, 0.2) is 18.2 Å². The standard InChI is InChI=1S/C19H26ClNO2/c1-13(2)21-9-7-19(8-10-21)16-4-3-11-22-18(16)15-12-14(20)5-6-17(15)23-19/h5-6,12-13,16,18H,3-4,7-11H2,1-2H3/t16-,18+/m0/s1. The first-order valence-corrected chi connectivity index (χ1v) is 9.31. The number of fused-ring (bicyclic) bond motifs is 4. The maximum atomic E-state index is 6.65. The minimum Gasteiger partial charge on any atom is -0.486 e. The summed E-state index contributed by atoms with van der Waals surface area (Å²) in [6.45, 7) is 7.64. The number of piperidine rings is 1. The van der Waals surface area contributed by atoms with Gasteiger partial charge in [0.25, 0.3) is 0 Å². The Kier molecular flexibility index (Phi) is 4.07. The van der Waals surface area contributed by atoms with Gasteiger partial charge in [0.1, 0.15) is 11.4 Å². The van der Waals surface area contributed by atoms with E-state index in [-0.39, 0.29) is 11.7 Å². The number of ether oxygens (including phenoxy) is 2. The van der Waals surface area contributed by atoms with E-state index in [1.807, 2.05) is 18.2 Å². The molecule has 4 heteroatoms. The molecule has 2 fully saturated rings. The molecule has 0 amide bonds. The van der Waals surface area contributed by atoms with Gasteiger partial charge in [-0.3, -0.25) is 0 Å². The smallest absolute Gasteiger partial charge is 0.126 e. The first-order valence-electron chi connectivity index (χ1n) is 8.93. The molecular weight excluding hydrogens is 310 g/mol. The molecule has 23 heavy (non-hydrogen) atoms. The topological polar surface area (TPSA) is 21.7 Å². The Hall–Kier alpha value is -0.770. The van der Waals surface area contributed by atoms with Gasteiger partial charge in [0.2, 0.25) is 0 Å². The van der Waals surface area contributed by atoms with Gasteiger partial charge in [0.05, 0.1) is 6.10 Å². The summed E-state index contributed by atoms with van der Waals surface area (Å²) in [5.74, 6) is 1.44. The van der Waals surface area contributed by atoms with Crippen LogP contribution in [0.1, 0.15) is 51.2 Å². The lowest BCUT2D eigenvalue weighted by molar-refractivity contribution is -0.151. The Morgan fingerprint density at radius 3 is 2.78 bits per heavy atom. The Morgan fingerprint density at radius 1 is 1.26 bits per heavy atom. The Balaban J connectivity index is 1.67. The van der Waals surface area contributed by atoms with Crippen LogP contribution < -0.4 is 4.74 Å². The van der Waals surface area contributed by atoms with Gasteiger partial charge in [0.15, 0.2) is 0 Å². The van der Waals surface area contributed by atoms with E-state index in [2.05, 4.69) is 18.7 Å². The molecule has 2 atom stereocenters. The minimum atomic E-state index is -0.0582. The summed E-state index contributed by atoms with van der Waals surface area (Å²) in [4.78, 5) is 2.56. The second-order valence-electron chi connectivity index (χ2n) is 7.52. The Labute approximate surface area is 143 Å². The molecule has 2 saturated heterocycles. The molecule has 1 aromatic carbocycles.